The minimum Gasteiger partial charge on any atom is -0.369 e. The minimum absolute atomic E-state index is 0.151. The van der Waals surface area contributed by atoms with E-state index in [4.69, 9.17) is 0 Å². The van der Waals surface area contributed by atoms with Gasteiger partial charge in [-0.05, 0) is 45.7 Å². The van der Waals surface area contributed by atoms with Crippen molar-refractivity contribution in [1.29, 1.82) is 0 Å². The van der Waals surface area contributed by atoms with Gasteiger partial charge in [0.25, 0.3) is 0 Å². The van der Waals surface area contributed by atoms with Crippen LogP contribution in [0, 0.1) is 0 Å². The molecule has 1 heterocycles. The van der Waals surface area contributed by atoms with Gasteiger partial charge in [-0.25, -0.2) is 0 Å². The van der Waals surface area contributed by atoms with Gasteiger partial charge in [0.05, 0.1) is 0 Å². The maximum atomic E-state index is 4.36. The Morgan fingerprint density at radius 3 is 2.62 bits per heavy atom. The van der Waals surface area contributed by atoms with Gasteiger partial charge in [0.2, 0.25) is 0 Å². The summed E-state index contributed by atoms with van der Waals surface area (Å²) in [5.74, 6) is 0.894. The molecule has 5 nitrogen and oxygen atoms in total. The van der Waals surface area contributed by atoms with Crippen LogP contribution in [0.5, 0.6) is 0 Å². The average molecular weight is 332 g/mol. The molecule has 0 aliphatic carbocycles. The molecule has 0 spiro atoms. The standard InChI is InChI=1S/C19H33N5/c1-19(2,3)22-13-12-21-18(20-4)23-16-9-8-14-24(15-16)17-10-6-5-7-11-17/h5-7,10-11,16,22H,8-9,12-15H2,1-4H3,(H2,20,21,23). The van der Waals surface area contributed by atoms with Crippen molar-refractivity contribution in [2.75, 3.05) is 38.1 Å². The first-order valence-electron chi connectivity index (χ1n) is 9.00. The summed E-state index contributed by atoms with van der Waals surface area (Å²) in [6, 6.07) is 11.1. The van der Waals surface area contributed by atoms with Gasteiger partial charge in [0.1, 0.15) is 0 Å². The lowest BCUT2D eigenvalue weighted by Gasteiger charge is -2.35. The molecule has 5 heteroatoms. The van der Waals surface area contributed by atoms with Gasteiger partial charge in [-0.3, -0.25) is 4.99 Å². The molecule has 2 rings (SSSR count). The Hall–Kier alpha value is -1.75. The molecule has 1 aromatic rings. The number of benzene rings is 1. The Balaban J connectivity index is 1.78. The van der Waals surface area contributed by atoms with Crippen LogP contribution in [0.1, 0.15) is 33.6 Å². The third-order valence-electron chi connectivity index (χ3n) is 4.18. The Morgan fingerprint density at radius 2 is 1.96 bits per heavy atom. The topological polar surface area (TPSA) is 51.7 Å². The fraction of sp³-hybridized carbons (Fsp3) is 0.632. The molecule has 24 heavy (non-hydrogen) atoms. The fourth-order valence-electron chi connectivity index (χ4n) is 2.97. The summed E-state index contributed by atoms with van der Waals surface area (Å²) in [7, 11) is 1.84. The summed E-state index contributed by atoms with van der Waals surface area (Å²) in [5.41, 5.74) is 1.46. The third kappa shape index (κ3) is 6.40. The number of nitrogens with zero attached hydrogens (tertiary/aromatic N) is 2. The van der Waals surface area contributed by atoms with E-state index >= 15 is 0 Å². The smallest absolute Gasteiger partial charge is 0.191 e. The van der Waals surface area contributed by atoms with Crippen LogP contribution in [0.15, 0.2) is 35.3 Å². The van der Waals surface area contributed by atoms with Crippen molar-refractivity contribution in [3.63, 3.8) is 0 Å². The van der Waals surface area contributed by atoms with Gasteiger partial charge < -0.3 is 20.9 Å². The Kier molecular flexibility index (Phi) is 6.91. The summed E-state index contributed by atoms with van der Waals surface area (Å²) in [4.78, 5) is 6.82. The van der Waals surface area contributed by atoms with E-state index < -0.39 is 0 Å². The molecule has 0 aromatic heterocycles. The molecule has 1 aliphatic rings. The van der Waals surface area contributed by atoms with Gasteiger partial charge in [0.15, 0.2) is 5.96 Å². The number of hydrogen-bond acceptors (Lipinski definition) is 3. The van der Waals surface area contributed by atoms with Crippen LogP contribution < -0.4 is 20.9 Å². The van der Waals surface area contributed by atoms with E-state index in [0.717, 1.165) is 32.1 Å². The molecule has 1 atom stereocenters. The highest BCUT2D eigenvalue weighted by Gasteiger charge is 2.20. The highest BCUT2D eigenvalue weighted by atomic mass is 15.2. The van der Waals surface area contributed by atoms with Gasteiger partial charge in [-0.2, -0.15) is 0 Å². The van der Waals surface area contributed by atoms with Crippen molar-refractivity contribution in [3.05, 3.63) is 30.3 Å². The fourth-order valence-corrected chi connectivity index (χ4v) is 2.97. The zero-order valence-corrected chi connectivity index (χ0v) is 15.6. The van der Waals surface area contributed by atoms with Crippen LogP contribution in [0.2, 0.25) is 0 Å². The van der Waals surface area contributed by atoms with Gasteiger partial charge in [-0.15, -0.1) is 0 Å². The zero-order chi connectivity index (χ0) is 17.4. The molecule has 1 aliphatic heterocycles. The second kappa shape index (κ2) is 8.92. The molecule has 1 fully saturated rings. The number of anilines is 1. The van der Waals surface area contributed by atoms with Crippen LogP contribution in [-0.4, -0.2) is 50.8 Å². The Bertz CT molecular complexity index is 506. The van der Waals surface area contributed by atoms with E-state index in [1.165, 1.54) is 18.5 Å². The van der Waals surface area contributed by atoms with E-state index in [9.17, 15) is 0 Å². The first-order chi connectivity index (χ1) is 11.5. The SMILES string of the molecule is CN=C(NCCNC(C)(C)C)NC1CCCN(c2ccccc2)C1. The summed E-state index contributed by atoms with van der Waals surface area (Å²) in [6.07, 6.45) is 2.39. The maximum absolute atomic E-state index is 4.36. The summed E-state index contributed by atoms with van der Waals surface area (Å²) < 4.78 is 0. The second-order valence-corrected chi connectivity index (χ2v) is 7.44. The highest BCUT2D eigenvalue weighted by Crippen LogP contribution is 2.19. The van der Waals surface area contributed by atoms with Gasteiger partial charge >= 0.3 is 0 Å². The molecule has 1 unspecified atom stereocenters. The first kappa shape index (κ1) is 18.6. The number of rotatable bonds is 5. The number of piperidine rings is 1. The van der Waals surface area contributed by atoms with Crippen molar-refractivity contribution < 1.29 is 0 Å². The van der Waals surface area contributed by atoms with E-state index in [0.29, 0.717) is 6.04 Å². The van der Waals surface area contributed by atoms with Crippen molar-refractivity contribution in [2.45, 2.75) is 45.2 Å². The molecular weight excluding hydrogens is 298 g/mol. The number of para-hydroxylation sites is 1. The predicted molar refractivity (Wildman–Crippen MR) is 104 cm³/mol. The summed E-state index contributed by atoms with van der Waals surface area (Å²) >= 11 is 0. The number of guanidine groups is 1. The van der Waals surface area contributed by atoms with Crippen molar-refractivity contribution in [2.24, 2.45) is 4.99 Å². The largest absolute Gasteiger partial charge is 0.369 e. The molecular formula is C19H33N5. The zero-order valence-electron chi connectivity index (χ0n) is 15.6. The van der Waals surface area contributed by atoms with Gasteiger partial charge in [0, 0.05) is 50.5 Å². The minimum atomic E-state index is 0.151. The monoisotopic (exact) mass is 331 g/mol. The highest BCUT2D eigenvalue weighted by molar-refractivity contribution is 5.80. The molecule has 134 valence electrons. The van der Waals surface area contributed by atoms with E-state index in [2.05, 4.69) is 76.9 Å². The third-order valence-corrected chi connectivity index (χ3v) is 4.18. The molecule has 0 bridgehead atoms. The number of nitrogens with one attached hydrogen (secondary N) is 3. The predicted octanol–water partition coefficient (Wildman–Crippen LogP) is 2.21. The number of aliphatic imine (C=N–C) groups is 1. The van der Waals surface area contributed by atoms with E-state index in [1.54, 1.807) is 0 Å². The van der Waals surface area contributed by atoms with Crippen molar-refractivity contribution in [3.8, 4) is 0 Å². The maximum Gasteiger partial charge on any atom is 0.191 e. The summed E-state index contributed by atoms with van der Waals surface area (Å²) in [5, 5.41) is 10.5. The molecule has 0 radical (unpaired) electrons. The summed E-state index contributed by atoms with van der Waals surface area (Å²) in [6.45, 7) is 10.5. The lowest BCUT2D eigenvalue weighted by atomic mass is 10.1. The van der Waals surface area contributed by atoms with Crippen LogP contribution in [0.25, 0.3) is 0 Å². The lowest BCUT2D eigenvalue weighted by molar-refractivity contribution is 0.426. The first-order valence-corrected chi connectivity index (χ1v) is 9.00. The normalized spacial score (nSPS) is 19.2. The van der Waals surface area contributed by atoms with Crippen LogP contribution >= 0.6 is 0 Å². The van der Waals surface area contributed by atoms with Gasteiger partial charge in [-0.1, -0.05) is 18.2 Å². The molecule has 0 saturated carbocycles. The number of hydrogen-bond donors (Lipinski definition) is 3. The quantitative estimate of drug-likeness (QED) is 0.440. The van der Waals surface area contributed by atoms with E-state index in [1.807, 2.05) is 7.05 Å². The van der Waals surface area contributed by atoms with Crippen LogP contribution in [0.3, 0.4) is 0 Å². The molecule has 0 amide bonds. The second-order valence-electron chi connectivity index (χ2n) is 7.44. The van der Waals surface area contributed by atoms with Crippen molar-refractivity contribution >= 4 is 11.6 Å². The average Bonchev–Trinajstić information content (AvgIpc) is 2.58. The lowest BCUT2D eigenvalue weighted by Crippen LogP contribution is -2.52. The Morgan fingerprint density at radius 1 is 1.21 bits per heavy atom. The molecule has 3 N–H and O–H groups in total. The van der Waals surface area contributed by atoms with Crippen molar-refractivity contribution in [1.82, 2.24) is 16.0 Å². The van der Waals surface area contributed by atoms with Crippen LogP contribution in [0.4, 0.5) is 5.69 Å². The molecule has 1 aromatic carbocycles. The Labute approximate surface area is 146 Å². The van der Waals surface area contributed by atoms with E-state index in [-0.39, 0.29) is 5.54 Å². The van der Waals surface area contributed by atoms with Crippen LogP contribution in [-0.2, 0) is 0 Å². The molecule has 1 saturated heterocycles.